The Balaban J connectivity index is 2.20. The Hall–Kier alpha value is -1.26. The lowest BCUT2D eigenvalue weighted by Crippen LogP contribution is -2.19. The Labute approximate surface area is 96.6 Å². The molecule has 1 aromatic heterocycles. The Morgan fingerprint density at radius 3 is 2.44 bits per heavy atom. The Bertz CT molecular complexity index is 336. The smallest absolute Gasteiger partial charge is 0.246 e. The molecule has 2 N–H and O–H groups in total. The standard InChI is InChI=1S/C11H21N5/c1-3-9(4-2)16-10(12)13-11(14-16)15-7-5-6-8-15/h9H,3-8H2,1-2H3,(H2,12,13,14). The summed E-state index contributed by atoms with van der Waals surface area (Å²) in [6, 6.07) is 0.379. The quantitative estimate of drug-likeness (QED) is 0.846. The molecule has 0 aliphatic carbocycles. The number of nitrogens with zero attached hydrogens (tertiary/aromatic N) is 4. The lowest BCUT2D eigenvalue weighted by molar-refractivity contribution is 0.434. The van der Waals surface area contributed by atoms with Crippen molar-refractivity contribution in [3.05, 3.63) is 0 Å². The molecule has 5 nitrogen and oxygen atoms in total. The Morgan fingerprint density at radius 2 is 1.88 bits per heavy atom. The SMILES string of the molecule is CCC(CC)n1nc(N2CCCC2)nc1N. The highest BCUT2D eigenvalue weighted by atomic mass is 15.5. The van der Waals surface area contributed by atoms with Gasteiger partial charge in [-0.15, -0.1) is 5.10 Å². The van der Waals surface area contributed by atoms with Crippen molar-refractivity contribution in [1.82, 2.24) is 14.8 Å². The highest BCUT2D eigenvalue weighted by Crippen LogP contribution is 2.22. The number of rotatable bonds is 4. The third-order valence-electron chi connectivity index (χ3n) is 3.32. The van der Waals surface area contributed by atoms with Crippen molar-refractivity contribution in [2.45, 2.75) is 45.6 Å². The first-order chi connectivity index (χ1) is 7.76. The van der Waals surface area contributed by atoms with Crippen LogP contribution in [0.15, 0.2) is 0 Å². The number of nitrogens with two attached hydrogens (primary N) is 1. The summed E-state index contributed by atoms with van der Waals surface area (Å²) in [7, 11) is 0. The van der Waals surface area contributed by atoms with Gasteiger partial charge < -0.3 is 10.6 Å². The topological polar surface area (TPSA) is 60.0 Å². The average Bonchev–Trinajstić information content (AvgIpc) is 2.90. The summed E-state index contributed by atoms with van der Waals surface area (Å²) in [6.45, 7) is 6.44. The highest BCUT2D eigenvalue weighted by molar-refractivity contribution is 5.36. The maximum atomic E-state index is 5.92. The van der Waals surface area contributed by atoms with Crippen molar-refractivity contribution in [3.63, 3.8) is 0 Å². The number of aromatic nitrogens is 3. The van der Waals surface area contributed by atoms with Crippen molar-refractivity contribution in [1.29, 1.82) is 0 Å². The van der Waals surface area contributed by atoms with E-state index in [1.165, 1.54) is 12.8 Å². The fraction of sp³-hybridized carbons (Fsp3) is 0.818. The van der Waals surface area contributed by atoms with Gasteiger partial charge in [-0.3, -0.25) is 0 Å². The van der Waals surface area contributed by atoms with Crippen LogP contribution in [-0.2, 0) is 0 Å². The van der Waals surface area contributed by atoms with Crippen LogP contribution in [0.1, 0.15) is 45.6 Å². The van der Waals surface area contributed by atoms with Crippen LogP contribution in [-0.4, -0.2) is 27.9 Å². The fourth-order valence-electron chi connectivity index (χ4n) is 2.28. The summed E-state index contributed by atoms with van der Waals surface area (Å²) >= 11 is 0. The van der Waals surface area contributed by atoms with Gasteiger partial charge in [-0.1, -0.05) is 13.8 Å². The number of nitrogen functional groups attached to an aromatic ring is 1. The van der Waals surface area contributed by atoms with E-state index < -0.39 is 0 Å². The van der Waals surface area contributed by atoms with Gasteiger partial charge in [0.05, 0.1) is 6.04 Å². The van der Waals surface area contributed by atoms with Gasteiger partial charge in [0.25, 0.3) is 0 Å². The van der Waals surface area contributed by atoms with Gasteiger partial charge in [-0.2, -0.15) is 4.98 Å². The van der Waals surface area contributed by atoms with E-state index in [1.807, 2.05) is 4.68 Å². The first kappa shape index (κ1) is 11.2. The second-order valence-corrected chi connectivity index (χ2v) is 4.38. The van der Waals surface area contributed by atoms with E-state index in [9.17, 15) is 0 Å². The molecule has 0 bridgehead atoms. The van der Waals surface area contributed by atoms with Crippen LogP contribution in [0.25, 0.3) is 0 Å². The predicted octanol–water partition coefficient (Wildman–Crippen LogP) is 1.82. The zero-order valence-electron chi connectivity index (χ0n) is 10.2. The molecule has 1 aromatic rings. The van der Waals surface area contributed by atoms with Gasteiger partial charge >= 0.3 is 0 Å². The summed E-state index contributed by atoms with van der Waals surface area (Å²) in [5.41, 5.74) is 5.92. The van der Waals surface area contributed by atoms with Gasteiger partial charge in [-0.05, 0) is 25.7 Å². The summed E-state index contributed by atoms with van der Waals surface area (Å²) < 4.78 is 1.88. The number of anilines is 2. The molecule has 90 valence electrons. The van der Waals surface area contributed by atoms with Crippen LogP contribution in [0.2, 0.25) is 0 Å². The van der Waals surface area contributed by atoms with Crippen LogP contribution in [0.4, 0.5) is 11.9 Å². The zero-order chi connectivity index (χ0) is 11.5. The van der Waals surface area contributed by atoms with E-state index in [0.717, 1.165) is 31.9 Å². The molecule has 0 spiro atoms. The van der Waals surface area contributed by atoms with E-state index in [1.54, 1.807) is 0 Å². The normalized spacial score (nSPS) is 16.3. The van der Waals surface area contributed by atoms with Crippen LogP contribution in [0, 0.1) is 0 Å². The molecule has 0 aromatic carbocycles. The number of hydrogen-bond acceptors (Lipinski definition) is 4. The van der Waals surface area contributed by atoms with Crippen LogP contribution in [0.3, 0.4) is 0 Å². The van der Waals surface area contributed by atoms with Gasteiger partial charge in [0.2, 0.25) is 11.9 Å². The van der Waals surface area contributed by atoms with Gasteiger partial charge in [-0.25, -0.2) is 4.68 Å². The van der Waals surface area contributed by atoms with E-state index >= 15 is 0 Å². The van der Waals surface area contributed by atoms with E-state index in [4.69, 9.17) is 5.73 Å². The Morgan fingerprint density at radius 1 is 1.25 bits per heavy atom. The molecule has 2 rings (SSSR count). The predicted molar refractivity (Wildman–Crippen MR) is 65.5 cm³/mol. The minimum Gasteiger partial charge on any atom is -0.368 e. The van der Waals surface area contributed by atoms with Crippen LogP contribution >= 0.6 is 0 Å². The molecule has 1 fully saturated rings. The molecule has 5 heteroatoms. The van der Waals surface area contributed by atoms with Gasteiger partial charge in [0.15, 0.2) is 0 Å². The molecule has 0 radical (unpaired) electrons. The maximum absolute atomic E-state index is 5.92. The first-order valence-electron chi connectivity index (χ1n) is 6.23. The minimum atomic E-state index is 0.379. The van der Waals surface area contributed by atoms with Crippen molar-refractivity contribution in [3.8, 4) is 0 Å². The molecule has 1 saturated heterocycles. The van der Waals surface area contributed by atoms with Crippen LogP contribution in [0.5, 0.6) is 0 Å². The maximum Gasteiger partial charge on any atom is 0.246 e. The molecule has 0 unspecified atom stereocenters. The van der Waals surface area contributed by atoms with Gasteiger partial charge in [0.1, 0.15) is 0 Å². The van der Waals surface area contributed by atoms with E-state index in [0.29, 0.717) is 12.0 Å². The van der Waals surface area contributed by atoms with Crippen LogP contribution < -0.4 is 10.6 Å². The molecule has 0 amide bonds. The zero-order valence-corrected chi connectivity index (χ0v) is 10.2. The van der Waals surface area contributed by atoms with E-state index in [-0.39, 0.29) is 0 Å². The molecule has 16 heavy (non-hydrogen) atoms. The van der Waals surface area contributed by atoms with Crippen molar-refractivity contribution >= 4 is 11.9 Å². The van der Waals surface area contributed by atoms with Crippen molar-refractivity contribution in [2.75, 3.05) is 23.7 Å². The fourth-order valence-corrected chi connectivity index (χ4v) is 2.28. The molecular weight excluding hydrogens is 202 g/mol. The molecule has 0 atom stereocenters. The molecular formula is C11H21N5. The molecule has 1 aliphatic heterocycles. The lowest BCUT2D eigenvalue weighted by Gasteiger charge is -2.14. The summed E-state index contributed by atoms with van der Waals surface area (Å²) in [4.78, 5) is 6.58. The average molecular weight is 223 g/mol. The molecule has 1 aliphatic rings. The second kappa shape index (κ2) is 4.72. The van der Waals surface area contributed by atoms with Gasteiger partial charge in [0, 0.05) is 13.1 Å². The summed E-state index contributed by atoms with van der Waals surface area (Å²) in [5, 5.41) is 4.54. The minimum absolute atomic E-state index is 0.379. The first-order valence-corrected chi connectivity index (χ1v) is 6.23. The monoisotopic (exact) mass is 223 g/mol. The summed E-state index contributed by atoms with van der Waals surface area (Å²) in [5.74, 6) is 1.36. The van der Waals surface area contributed by atoms with E-state index in [2.05, 4.69) is 28.8 Å². The third-order valence-corrected chi connectivity index (χ3v) is 3.32. The van der Waals surface area contributed by atoms with Crippen molar-refractivity contribution in [2.24, 2.45) is 0 Å². The van der Waals surface area contributed by atoms with Crippen molar-refractivity contribution < 1.29 is 0 Å². The summed E-state index contributed by atoms with van der Waals surface area (Å²) in [6.07, 6.45) is 4.56. The second-order valence-electron chi connectivity index (χ2n) is 4.38. The third kappa shape index (κ3) is 1.99. The number of hydrogen-bond donors (Lipinski definition) is 1. The Kier molecular flexibility index (Phi) is 3.31. The highest BCUT2D eigenvalue weighted by Gasteiger charge is 2.20. The molecule has 0 saturated carbocycles. The molecule has 2 heterocycles. The lowest BCUT2D eigenvalue weighted by atomic mass is 10.2. The largest absolute Gasteiger partial charge is 0.368 e.